The number of furan rings is 2. The number of para-hydroxylation sites is 1. The smallest absolute Gasteiger partial charge is 0.198 e. The van der Waals surface area contributed by atoms with Crippen molar-refractivity contribution < 1.29 is 8.83 Å². The van der Waals surface area contributed by atoms with E-state index >= 15 is 0 Å². The first-order chi connectivity index (χ1) is 25.6. The van der Waals surface area contributed by atoms with Crippen molar-refractivity contribution in [3.05, 3.63) is 168 Å². The minimum absolute atomic E-state index is 0.402. The number of rotatable bonds is 5. The lowest BCUT2D eigenvalue weighted by Crippen LogP contribution is -2.36. The SMILES string of the molecule is C/C=C\c1c(N)oc2cccc(-c3cc(C4N=C(c5ccc6ccccc6c5)NC(c5cccc6oc7ccccc7c56)=N4)cc4ccccc34)c12. The Morgan fingerprint density at radius 3 is 2.12 bits per heavy atom. The lowest BCUT2D eigenvalue weighted by Gasteiger charge is -2.24. The van der Waals surface area contributed by atoms with Crippen molar-refractivity contribution in [1.29, 1.82) is 0 Å². The number of aliphatic imine (C=N–C) groups is 2. The molecule has 248 valence electrons. The summed E-state index contributed by atoms with van der Waals surface area (Å²) < 4.78 is 12.4. The highest BCUT2D eigenvalue weighted by atomic mass is 16.3. The number of benzene rings is 7. The Bertz CT molecular complexity index is 2980. The van der Waals surface area contributed by atoms with E-state index in [1.54, 1.807) is 0 Å². The zero-order valence-corrected chi connectivity index (χ0v) is 28.3. The summed E-state index contributed by atoms with van der Waals surface area (Å²) in [5, 5.41) is 11.2. The van der Waals surface area contributed by atoms with Crippen LogP contribution in [0.15, 0.2) is 164 Å². The third-order valence-corrected chi connectivity index (χ3v) is 10.0. The van der Waals surface area contributed by atoms with Crippen molar-refractivity contribution in [2.24, 2.45) is 9.98 Å². The van der Waals surface area contributed by atoms with Gasteiger partial charge in [0.15, 0.2) is 12.0 Å². The predicted molar refractivity (Wildman–Crippen MR) is 215 cm³/mol. The van der Waals surface area contributed by atoms with E-state index in [2.05, 4.69) is 102 Å². The number of hydrogen-bond acceptors (Lipinski definition) is 6. The van der Waals surface area contributed by atoms with Crippen LogP contribution < -0.4 is 11.1 Å². The van der Waals surface area contributed by atoms with Crippen molar-refractivity contribution in [2.75, 3.05) is 5.73 Å². The molecule has 6 heteroatoms. The fraction of sp³-hybridized carbons (Fsp3) is 0.0435. The maximum absolute atomic E-state index is 6.42. The van der Waals surface area contributed by atoms with E-state index in [0.717, 1.165) is 94.1 Å². The Balaban J connectivity index is 1.22. The zero-order valence-electron chi connectivity index (χ0n) is 28.3. The van der Waals surface area contributed by atoms with E-state index < -0.39 is 6.17 Å². The quantitative estimate of drug-likeness (QED) is 0.190. The molecule has 0 spiro atoms. The van der Waals surface area contributed by atoms with Gasteiger partial charge in [0.1, 0.15) is 28.4 Å². The Morgan fingerprint density at radius 1 is 0.577 bits per heavy atom. The number of nitrogens with two attached hydrogens (primary N) is 1. The van der Waals surface area contributed by atoms with Crippen LogP contribution in [0.2, 0.25) is 0 Å². The minimum atomic E-state index is -0.543. The van der Waals surface area contributed by atoms with E-state index in [0.29, 0.717) is 5.88 Å². The Morgan fingerprint density at radius 2 is 1.27 bits per heavy atom. The van der Waals surface area contributed by atoms with Crippen molar-refractivity contribution in [3.63, 3.8) is 0 Å². The molecule has 9 aromatic rings. The molecule has 0 bridgehead atoms. The van der Waals surface area contributed by atoms with Gasteiger partial charge in [-0.1, -0.05) is 115 Å². The number of hydrogen-bond donors (Lipinski definition) is 2. The van der Waals surface area contributed by atoms with E-state index in [1.807, 2.05) is 61.5 Å². The van der Waals surface area contributed by atoms with Gasteiger partial charge in [0.25, 0.3) is 0 Å². The highest BCUT2D eigenvalue weighted by Gasteiger charge is 2.25. The van der Waals surface area contributed by atoms with Crippen LogP contribution in [0.5, 0.6) is 0 Å². The van der Waals surface area contributed by atoms with Gasteiger partial charge in [0, 0.05) is 32.8 Å². The van der Waals surface area contributed by atoms with Gasteiger partial charge in [-0.05, 0) is 81.6 Å². The molecule has 52 heavy (non-hydrogen) atoms. The number of allylic oxidation sites excluding steroid dienone is 1. The lowest BCUT2D eigenvalue weighted by molar-refractivity contribution is 0.636. The van der Waals surface area contributed by atoms with Crippen LogP contribution in [-0.2, 0) is 0 Å². The number of anilines is 1. The largest absolute Gasteiger partial charge is 0.456 e. The lowest BCUT2D eigenvalue weighted by atomic mass is 9.91. The number of nitrogens with one attached hydrogen (secondary N) is 1. The molecule has 1 aliphatic heterocycles. The van der Waals surface area contributed by atoms with Gasteiger partial charge < -0.3 is 19.9 Å². The molecule has 3 N–H and O–H groups in total. The number of amidine groups is 2. The van der Waals surface area contributed by atoms with Crippen molar-refractivity contribution in [1.82, 2.24) is 5.32 Å². The second kappa shape index (κ2) is 11.9. The molecule has 0 saturated heterocycles. The molecule has 3 heterocycles. The highest BCUT2D eigenvalue weighted by molar-refractivity contribution is 6.23. The van der Waals surface area contributed by atoms with Crippen LogP contribution in [-0.4, -0.2) is 11.7 Å². The first-order valence-corrected chi connectivity index (χ1v) is 17.4. The molecule has 6 nitrogen and oxygen atoms in total. The predicted octanol–water partition coefficient (Wildman–Crippen LogP) is 11.4. The van der Waals surface area contributed by atoms with Gasteiger partial charge in [0.2, 0.25) is 0 Å². The molecule has 0 aliphatic carbocycles. The molecular weight excluding hydrogens is 641 g/mol. The van der Waals surface area contributed by atoms with Gasteiger partial charge >= 0.3 is 0 Å². The van der Waals surface area contributed by atoms with E-state index in [9.17, 15) is 0 Å². The summed E-state index contributed by atoms with van der Waals surface area (Å²) in [6.07, 6.45) is 3.46. The summed E-state index contributed by atoms with van der Waals surface area (Å²) in [7, 11) is 0. The van der Waals surface area contributed by atoms with E-state index in [1.165, 1.54) is 5.39 Å². The normalized spacial score (nSPS) is 14.8. The monoisotopic (exact) mass is 672 g/mol. The van der Waals surface area contributed by atoms with Gasteiger partial charge in [0.05, 0.1) is 0 Å². The second-order valence-corrected chi connectivity index (χ2v) is 13.1. The number of fused-ring (bicyclic) bond motifs is 6. The third-order valence-electron chi connectivity index (χ3n) is 10.0. The fourth-order valence-corrected chi connectivity index (χ4v) is 7.64. The molecule has 1 atom stereocenters. The van der Waals surface area contributed by atoms with E-state index in [-0.39, 0.29) is 0 Å². The van der Waals surface area contributed by atoms with Crippen LogP contribution >= 0.6 is 0 Å². The Kier molecular flexibility index (Phi) is 6.83. The van der Waals surface area contributed by atoms with E-state index in [4.69, 9.17) is 24.6 Å². The standard InChI is InChI=1S/C46H32N4O2/c1-2-11-35-41-33(17-9-21-40(41)52-43(35)47)37-26-31(25-29-14-5-6-15-32(29)37)45-48-44(30-23-22-27-12-3-4-13-28(27)24-30)49-46(50-45)36-18-10-20-39-42(36)34-16-7-8-19-38(34)51-39/h2-26,45H,47H2,1H3,(H,48,49,50)/b11-2-. The summed E-state index contributed by atoms with van der Waals surface area (Å²) in [6, 6.07) is 48.2. The summed E-state index contributed by atoms with van der Waals surface area (Å²) in [5.41, 5.74) is 14.7. The molecule has 0 radical (unpaired) electrons. The second-order valence-electron chi connectivity index (χ2n) is 13.1. The van der Waals surface area contributed by atoms with Gasteiger partial charge in [-0.2, -0.15) is 0 Å². The molecule has 10 rings (SSSR count). The molecule has 1 unspecified atom stereocenters. The van der Waals surface area contributed by atoms with Crippen LogP contribution in [0.25, 0.3) is 71.7 Å². The first kappa shape index (κ1) is 29.9. The summed E-state index contributed by atoms with van der Waals surface area (Å²) >= 11 is 0. The van der Waals surface area contributed by atoms with Crippen LogP contribution in [0, 0.1) is 0 Å². The number of nitrogens with zero attached hydrogens (tertiary/aromatic N) is 2. The molecule has 0 saturated carbocycles. The molecule has 0 amide bonds. The van der Waals surface area contributed by atoms with Crippen LogP contribution in [0.4, 0.5) is 5.88 Å². The summed E-state index contributed by atoms with van der Waals surface area (Å²) in [4.78, 5) is 10.7. The summed E-state index contributed by atoms with van der Waals surface area (Å²) in [5.74, 6) is 1.88. The van der Waals surface area contributed by atoms with Crippen molar-refractivity contribution >= 4 is 78.1 Å². The van der Waals surface area contributed by atoms with Gasteiger partial charge in [-0.3, -0.25) is 0 Å². The fourth-order valence-electron chi connectivity index (χ4n) is 7.64. The average molecular weight is 673 g/mol. The molecular formula is C46H32N4O2. The van der Waals surface area contributed by atoms with Gasteiger partial charge in [-0.25, -0.2) is 9.98 Å². The van der Waals surface area contributed by atoms with Crippen LogP contribution in [0.1, 0.15) is 35.3 Å². The topological polar surface area (TPSA) is 89.0 Å². The van der Waals surface area contributed by atoms with Crippen molar-refractivity contribution in [3.8, 4) is 11.1 Å². The Hall–Kier alpha value is -6.92. The van der Waals surface area contributed by atoms with Gasteiger partial charge in [-0.15, -0.1) is 0 Å². The Labute approximate surface area is 299 Å². The molecule has 0 fully saturated rings. The van der Waals surface area contributed by atoms with Crippen LogP contribution in [0.3, 0.4) is 0 Å². The third kappa shape index (κ3) is 4.80. The van der Waals surface area contributed by atoms with Crippen molar-refractivity contribution in [2.45, 2.75) is 13.1 Å². The molecule has 2 aromatic heterocycles. The minimum Gasteiger partial charge on any atom is -0.456 e. The maximum atomic E-state index is 6.42. The highest BCUT2D eigenvalue weighted by Crippen LogP contribution is 2.42. The average Bonchev–Trinajstić information content (AvgIpc) is 3.74. The molecule has 1 aliphatic rings. The molecule has 7 aromatic carbocycles. The first-order valence-electron chi connectivity index (χ1n) is 17.4. The maximum Gasteiger partial charge on any atom is 0.198 e. The summed E-state index contributed by atoms with van der Waals surface area (Å²) in [6.45, 7) is 1.99. The number of nitrogen functional groups attached to an aromatic ring is 1. The zero-order chi connectivity index (χ0) is 34.8.